The molecule has 0 spiro atoms. The van der Waals surface area contributed by atoms with Crippen molar-refractivity contribution in [2.75, 3.05) is 34.9 Å². The first-order valence-corrected chi connectivity index (χ1v) is 9.65. The number of amides is 2. The summed E-state index contributed by atoms with van der Waals surface area (Å²) in [6, 6.07) is 14.7. The molecule has 0 atom stereocenters. The van der Waals surface area contributed by atoms with E-state index in [0.29, 0.717) is 36.5 Å². The van der Waals surface area contributed by atoms with Crippen LogP contribution in [0.15, 0.2) is 54.7 Å². The van der Waals surface area contributed by atoms with Gasteiger partial charge in [0.2, 0.25) is 5.91 Å². The second-order valence-corrected chi connectivity index (χ2v) is 7.11. The summed E-state index contributed by atoms with van der Waals surface area (Å²) in [4.78, 5) is 35.9. The Balaban J connectivity index is 1.79. The van der Waals surface area contributed by atoms with E-state index in [0.717, 1.165) is 11.3 Å². The summed E-state index contributed by atoms with van der Waals surface area (Å²) in [5, 5.41) is 5.81. The van der Waals surface area contributed by atoms with Crippen LogP contribution in [-0.2, 0) is 4.79 Å². The highest BCUT2D eigenvalue weighted by Gasteiger charge is 2.18. The van der Waals surface area contributed by atoms with Gasteiger partial charge in [-0.15, -0.1) is 0 Å². The molecule has 4 rings (SSSR count). The number of fused-ring (bicyclic) bond motifs is 6. The number of aromatic nitrogens is 2. The van der Waals surface area contributed by atoms with Gasteiger partial charge in [0.25, 0.3) is 5.91 Å². The van der Waals surface area contributed by atoms with Gasteiger partial charge in [-0.05, 0) is 30.7 Å². The normalized spacial score (nSPS) is 14.5. The van der Waals surface area contributed by atoms with Crippen LogP contribution in [0, 0.1) is 0 Å². The minimum Gasteiger partial charge on any atom is -0.382 e. The van der Waals surface area contributed by atoms with Crippen molar-refractivity contribution >= 4 is 34.7 Å². The molecule has 8 nitrogen and oxygen atoms in total. The topological polar surface area (TPSA) is 113 Å². The number of rotatable bonds is 0. The lowest BCUT2D eigenvalue weighted by molar-refractivity contribution is -0.116. The Bertz CT molecular complexity index is 1110. The average molecular weight is 402 g/mol. The average Bonchev–Trinajstić information content (AvgIpc) is 2.74. The Morgan fingerprint density at radius 1 is 1.07 bits per heavy atom. The Morgan fingerprint density at radius 2 is 1.90 bits per heavy atom. The smallest absolute Gasteiger partial charge is 0.278 e. The summed E-state index contributed by atoms with van der Waals surface area (Å²) < 4.78 is 0. The van der Waals surface area contributed by atoms with E-state index in [9.17, 15) is 9.59 Å². The van der Waals surface area contributed by atoms with E-state index in [1.807, 2.05) is 54.4 Å². The fourth-order valence-electron chi connectivity index (χ4n) is 3.38. The van der Waals surface area contributed by atoms with Gasteiger partial charge in [-0.2, -0.15) is 0 Å². The van der Waals surface area contributed by atoms with Gasteiger partial charge in [-0.1, -0.05) is 24.3 Å². The zero-order valence-electron chi connectivity index (χ0n) is 16.6. The molecule has 0 saturated carbocycles. The number of nitrogens with one attached hydrogen (secondary N) is 2. The van der Waals surface area contributed by atoms with Crippen molar-refractivity contribution in [1.29, 1.82) is 0 Å². The van der Waals surface area contributed by atoms with Gasteiger partial charge in [0.15, 0.2) is 11.5 Å². The van der Waals surface area contributed by atoms with Crippen LogP contribution in [0.2, 0.25) is 0 Å². The van der Waals surface area contributed by atoms with Crippen LogP contribution in [0.3, 0.4) is 0 Å². The standard InChI is InChI=1S/C22H22N6O2/c1-28-11-5-10-19(29)25-15-7-4-6-14(12-15)17-13-24-21(23)20(26-17)22(30)27-16-8-2-3-9-18(16)28/h2-4,6-9,12-13H,5,10-11H2,1H3,(H2,23,24)(H,25,29)(H,27,30). The molecule has 30 heavy (non-hydrogen) atoms. The van der Waals surface area contributed by atoms with Crippen LogP contribution >= 0.6 is 0 Å². The molecule has 4 bridgehead atoms. The molecule has 0 unspecified atom stereocenters. The minimum absolute atomic E-state index is 0.0477. The van der Waals surface area contributed by atoms with Crippen molar-refractivity contribution in [1.82, 2.24) is 9.97 Å². The van der Waals surface area contributed by atoms with Crippen LogP contribution in [0.4, 0.5) is 22.9 Å². The number of hydrogen-bond acceptors (Lipinski definition) is 6. The summed E-state index contributed by atoms with van der Waals surface area (Å²) in [6.07, 6.45) is 2.56. The molecular formula is C22H22N6O2. The number of nitrogens with two attached hydrogens (primary N) is 1. The van der Waals surface area contributed by atoms with E-state index in [2.05, 4.69) is 20.6 Å². The maximum absolute atomic E-state index is 13.0. The van der Waals surface area contributed by atoms with Gasteiger partial charge in [0, 0.05) is 31.3 Å². The van der Waals surface area contributed by atoms with E-state index in [-0.39, 0.29) is 17.4 Å². The first kappa shape index (κ1) is 19.4. The number of hydrogen-bond donors (Lipinski definition) is 3. The Morgan fingerprint density at radius 3 is 2.77 bits per heavy atom. The molecule has 2 aromatic carbocycles. The SMILES string of the molecule is CN1CCCC(=O)Nc2cccc(c2)-c2cnc(N)c(n2)C(=O)Nc2ccccc21. The zero-order chi connectivity index (χ0) is 21.1. The molecule has 0 aliphatic carbocycles. The van der Waals surface area contributed by atoms with E-state index >= 15 is 0 Å². The highest BCUT2D eigenvalue weighted by molar-refractivity contribution is 6.07. The molecule has 1 aliphatic rings. The predicted molar refractivity (Wildman–Crippen MR) is 117 cm³/mol. The summed E-state index contributed by atoms with van der Waals surface area (Å²) in [7, 11) is 1.92. The highest BCUT2D eigenvalue weighted by Crippen LogP contribution is 2.27. The molecule has 3 aromatic rings. The number of benzene rings is 2. The van der Waals surface area contributed by atoms with Crippen molar-refractivity contribution in [3.63, 3.8) is 0 Å². The fraction of sp³-hybridized carbons (Fsp3) is 0.182. The molecular weight excluding hydrogens is 380 g/mol. The number of carbonyl (C=O) groups excluding carboxylic acids is 2. The van der Waals surface area contributed by atoms with Crippen molar-refractivity contribution in [2.45, 2.75) is 12.8 Å². The Hall–Kier alpha value is -3.94. The minimum atomic E-state index is -0.431. The largest absolute Gasteiger partial charge is 0.382 e. The molecule has 152 valence electrons. The van der Waals surface area contributed by atoms with Crippen LogP contribution in [0.1, 0.15) is 23.3 Å². The van der Waals surface area contributed by atoms with Gasteiger partial charge >= 0.3 is 0 Å². The van der Waals surface area contributed by atoms with Gasteiger partial charge < -0.3 is 21.3 Å². The predicted octanol–water partition coefficient (Wildman–Crippen LogP) is 3.15. The monoisotopic (exact) mass is 402 g/mol. The van der Waals surface area contributed by atoms with E-state index in [4.69, 9.17) is 5.73 Å². The highest BCUT2D eigenvalue weighted by atomic mass is 16.2. The molecule has 4 N–H and O–H groups in total. The van der Waals surface area contributed by atoms with E-state index < -0.39 is 5.91 Å². The molecule has 1 aromatic heterocycles. The zero-order valence-corrected chi connectivity index (χ0v) is 16.6. The van der Waals surface area contributed by atoms with Gasteiger partial charge in [-0.3, -0.25) is 9.59 Å². The van der Waals surface area contributed by atoms with Crippen molar-refractivity contribution in [2.24, 2.45) is 0 Å². The lowest BCUT2D eigenvalue weighted by atomic mass is 10.1. The van der Waals surface area contributed by atoms with Crippen molar-refractivity contribution in [3.05, 3.63) is 60.4 Å². The third-order valence-electron chi connectivity index (χ3n) is 4.92. The molecule has 2 heterocycles. The van der Waals surface area contributed by atoms with Crippen LogP contribution in [0.5, 0.6) is 0 Å². The number of carbonyl (C=O) groups is 2. The second-order valence-electron chi connectivity index (χ2n) is 7.11. The van der Waals surface area contributed by atoms with Gasteiger partial charge in [0.05, 0.1) is 23.3 Å². The van der Waals surface area contributed by atoms with Crippen LogP contribution < -0.4 is 21.3 Å². The van der Waals surface area contributed by atoms with Crippen LogP contribution in [-0.4, -0.2) is 35.4 Å². The molecule has 0 fully saturated rings. The number of nitrogen functional groups attached to an aromatic ring is 1. The first-order valence-electron chi connectivity index (χ1n) is 9.65. The number of nitrogens with zero attached hydrogens (tertiary/aromatic N) is 3. The summed E-state index contributed by atoms with van der Waals surface area (Å²) in [5.74, 6) is -0.440. The third kappa shape index (κ3) is 4.07. The number of anilines is 4. The lowest BCUT2D eigenvalue weighted by Crippen LogP contribution is -2.24. The van der Waals surface area contributed by atoms with E-state index in [1.54, 1.807) is 6.07 Å². The molecule has 1 aliphatic heterocycles. The quantitative estimate of drug-likeness (QED) is 0.532. The molecule has 0 saturated heterocycles. The van der Waals surface area contributed by atoms with E-state index in [1.165, 1.54) is 6.20 Å². The molecule has 2 amide bonds. The summed E-state index contributed by atoms with van der Waals surface area (Å²) >= 11 is 0. The second kappa shape index (κ2) is 8.20. The maximum atomic E-state index is 13.0. The lowest BCUT2D eigenvalue weighted by Gasteiger charge is -2.22. The fourth-order valence-corrected chi connectivity index (χ4v) is 3.38. The third-order valence-corrected chi connectivity index (χ3v) is 4.92. The Labute approximate surface area is 174 Å². The van der Waals surface area contributed by atoms with Gasteiger partial charge in [-0.25, -0.2) is 9.97 Å². The summed E-state index contributed by atoms with van der Waals surface area (Å²) in [6.45, 7) is 0.651. The van der Waals surface area contributed by atoms with Gasteiger partial charge in [0.1, 0.15) is 0 Å². The molecule has 0 radical (unpaired) electrons. The van der Waals surface area contributed by atoms with Crippen molar-refractivity contribution in [3.8, 4) is 11.3 Å². The Kier molecular flexibility index (Phi) is 5.30. The van der Waals surface area contributed by atoms with Crippen LogP contribution in [0.25, 0.3) is 11.3 Å². The first-order chi connectivity index (χ1) is 14.5. The number of para-hydroxylation sites is 2. The summed E-state index contributed by atoms with van der Waals surface area (Å²) in [5.41, 5.74) is 9.34. The maximum Gasteiger partial charge on any atom is 0.278 e. The molecule has 8 heteroatoms. The van der Waals surface area contributed by atoms with Crippen molar-refractivity contribution < 1.29 is 9.59 Å².